The second-order valence-corrected chi connectivity index (χ2v) is 6.75. The van der Waals surface area contributed by atoms with E-state index < -0.39 is 0 Å². The first-order valence-electron chi connectivity index (χ1n) is 9.76. The first-order valence-corrected chi connectivity index (χ1v) is 9.76. The van der Waals surface area contributed by atoms with Crippen LogP contribution in [-0.2, 0) is 9.53 Å². The number of methoxy groups -OCH3 is 1. The van der Waals surface area contributed by atoms with E-state index in [2.05, 4.69) is 20.8 Å². The lowest BCUT2D eigenvalue weighted by Crippen LogP contribution is -2.38. The molecular formula is C20H26N6O4. The van der Waals surface area contributed by atoms with Gasteiger partial charge in [0.1, 0.15) is 17.8 Å². The van der Waals surface area contributed by atoms with Gasteiger partial charge in [-0.3, -0.25) is 20.4 Å². The Morgan fingerprint density at radius 1 is 1.23 bits per heavy atom. The van der Waals surface area contributed by atoms with Crippen LogP contribution in [-0.4, -0.2) is 48.7 Å². The third-order valence-corrected chi connectivity index (χ3v) is 4.92. The highest BCUT2D eigenvalue weighted by atomic mass is 16.5. The highest BCUT2D eigenvalue weighted by Gasteiger charge is 2.28. The minimum Gasteiger partial charge on any atom is -0.496 e. The third-order valence-electron chi connectivity index (χ3n) is 4.92. The lowest BCUT2D eigenvalue weighted by atomic mass is 9.97. The number of amides is 1. The van der Waals surface area contributed by atoms with E-state index in [1.807, 2.05) is 4.90 Å². The second kappa shape index (κ2) is 9.77. The molecule has 0 spiro atoms. The summed E-state index contributed by atoms with van der Waals surface area (Å²) >= 11 is 0. The molecule has 30 heavy (non-hydrogen) atoms. The summed E-state index contributed by atoms with van der Waals surface area (Å²) in [7, 11) is 1.50. The summed E-state index contributed by atoms with van der Waals surface area (Å²) in [6.07, 6.45) is 2.70. The van der Waals surface area contributed by atoms with Gasteiger partial charge in [0.25, 0.3) is 5.91 Å². The van der Waals surface area contributed by atoms with E-state index in [1.54, 1.807) is 31.2 Å². The predicted molar refractivity (Wildman–Crippen MR) is 112 cm³/mol. The van der Waals surface area contributed by atoms with Crippen molar-refractivity contribution < 1.29 is 19.1 Å². The predicted octanol–water partition coefficient (Wildman–Crippen LogP) is 1.60. The molecule has 160 valence electrons. The van der Waals surface area contributed by atoms with Crippen LogP contribution in [0.15, 0.2) is 30.6 Å². The van der Waals surface area contributed by atoms with Crippen molar-refractivity contribution in [3.8, 4) is 5.75 Å². The zero-order valence-corrected chi connectivity index (χ0v) is 17.1. The van der Waals surface area contributed by atoms with Gasteiger partial charge in [0.15, 0.2) is 11.6 Å². The first kappa shape index (κ1) is 21.2. The zero-order chi connectivity index (χ0) is 21.5. The van der Waals surface area contributed by atoms with Crippen LogP contribution in [0.4, 0.5) is 17.3 Å². The van der Waals surface area contributed by atoms with Crippen molar-refractivity contribution in [3.05, 3.63) is 36.2 Å². The van der Waals surface area contributed by atoms with Crippen LogP contribution in [0, 0.1) is 5.92 Å². The van der Waals surface area contributed by atoms with E-state index in [4.69, 9.17) is 15.2 Å². The molecule has 3 rings (SSSR count). The van der Waals surface area contributed by atoms with E-state index in [0.29, 0.717) is 55.4 Å². The molecule has 10 nitrogen and oxygen atoms in total. The normalized spacial score (nSPS) is 14.1. The second-order valence-electron chi connectivity index (χ2n) is 6.75. The maximum Gasteiger partial charge on any atom is 0.309 e. The van der Waals surface area contributed by atoms with Crippen molar-refractivity contribution >= 4 is 29.2 Å². The molecule has 0 unspecified atom stereocenters. The molecule has 10 heteroatoms. The van der Waals surface area contributed by atoms with Gasteiger partial charge in [0.05, 0.1) is 25.2 Å². The van der Waals surface area contributed by atoms with Gasteiger partial charge in [-0.2, -0.15) is 0 Å². The molecule has 1 aliphatic heterocycles. The number of hydrogen-bond donors (Lipinski definition) is 3. The molecule has 1 aliphatic rings. The summed E-state index contributed by atoms with van der Waals surface area (Å²) in [6, 6.07) is 6.88. The van der Waals surface area contributed by atoms with Crippen LogP contribution in [0.2, 0.25) is 0 Å². The number of hydrogen-bond acceptors (Lipinski definition) is 9. The fourth-order valence-corrected chi connectivity index (χ4v) is 3.34. The summed E-state index contributed by atoms with van der Waals surface area (Å²) in [5.41, 5.74) is 12.3. The Labute approximate surface area is 174 Å². The van der Waals surface area contributed by atoms with Gasteiger partial charge in [-0.25, -0.2) is 9.97 Å². The van der Waals surface area contributed by atoms with Crippen LogP contribution >= 0.6 is 0 Å². The van der Waals surface area contributed by atoms with E-state index in [0.717, 1.165) is 0 Å². The molecule has 0 atom stereocenters. The number of anilines is 3. The number of esters is 1. The first-order chi connectivity index (χ1) is 14.5. The van der Waals surface area contributed by atoms with Crippen molar-refractivity contribution in [2.75, 3.05) is 42.9 Å². The van der Waals surface area contributed by atoms with Gasteiger partial charge in [-0.05, 0) is 31.9 Å². The van der Waals surface area contributed by atoms with Gasteiger partial charge in [0, 0.05) is 13.1 Å². The fourth-order valence-electron chi connectivity index (χ4n) is 3.34. The number of carbonyl (C=O) groups excluding carboxylic acids is 2. The van der Waals surface area contributed by atoms with Gasteiger partial charge >= 0.3 is 5.97 Å². The molecule has 1 fully saturated rings. The summed E-state index contributed by atoms with van der Waals surface area (Å²) in [5, 5.41) is 0. The maximum atomic E-state index is 12.5. The number of para-hydroxylation sites is 1. The topological polar surface area (TPSA) is 132 Å². The Balaban J connectivity index is 1.64. The maximum absolute atomic E-state index is 12.5. The number of hydrazine groups is 1. The number of benzene rings is 1. The van der Waals surface area contributed by atoms with Gasteiger partial charge in [-0.1, -0.05) is 12.1 Å². The Morgan fingerprint density at radius 3 is 2.67 bits per heavy atom. The number of piperidine rings is 1. The lowest BCUT2D eigenvalue weighted by Gasteiger charge is -2.32. The number of rotatable bonds is 7. The quantitative estimate of drug-likeness (QED) is 0.456. The summed E-state index contributed by atoms with van der Waals surface area (Å²) in [6.45, 7) is 3.43. The zero-order valence-electron chi connectivity index (χ0n) is 17.1. The van der Waals surface area contributed by atoms with Gasteiger partial charge < -0.3 is 20.1 Å². The molecule has 0 saturated carbocycles. The lowest BCUT2D eigenvalue weighted by molar-refractivity contribution is -0.148. The van der Waals surface area contributed by atoms with Crippen LogP contribution in [0.3, 0.4) is 0 Å². The molecule has 2 heterocycles. The molecule has 0 aliphatic carbocycles. The number of nitrogens with one attached hydrogen (secondary N) is 2. The molecule has 1 aromatic carbocycles. The minimum absolute atomic E-state index is 0.109. The molecule has 0 radical (unpaired) electrons. The van der Waals surface area contributed by atoms with Crippen LogP contribution < -0.4 is 26.2 Å². The average Bonchev–Trinajstić information content (AvgIpc) is 2.78. The standard InChI is InChI=1S/C20H26N6O4/c1-3-30-20(28)13-8-10-26(11-9-13)18-16(21)17(22-12-23-18)24-25-19(27)14-6-4-5-7-15(14)29-2/h4-7,12-13H,3,8-11,21H2,1-2H3,(H,25,27)(H,22,23,24). The van der Waals surface area contributed by atoms with Gasteiger partial charge in [0.2, 0.25) is 0 Å². The van der Waals surface area contributed by atoms with Gasteiger partial charge in [-0.15, -0.1) is 0 Å². The Hall–Kier alpha value is -3.56. The number of nitrogens with zero attached hydrogens (tertiary/aromatic N) is 3. The Bertz CT molecular complexity index is 899. The summed E-state index contributed by atoms with van der Waals surface area (Å²) < 4.78 is 10.3. The number of ether oxygens (including phenoxy) is 2. The number of carbonyl (C=O) groups is 2. The molecule has 2 aromatic rings. The Morgan fingerprint density at radius 2 is 1.97 bits per heavy atom. The number of nitrogen functional groups attached to an aromatic ring is 1. The van der Waals surface area contributed by atoms with Crippen LogP contribution in [0.25, 0.3) is 0 Å². The number of aromatic nitrogens is 2. The molecule has 0 bridgehead atoms. The molecule has 1 amide bonds. The molecule has 1 saturated heterocycles. The molecular weight excluding hydrogens is 388 g/mol. The average molecular weight is 414 g/mol. The van der Waals surface area contributed by atoms with Crippen LogP contribution in [0.5, 0.6) is 5.75 Å². The van der Waals surface area contributed by atoms with Crippen molar-refractivity contribution in [3.63, 3.8) is 0 Å². The smallest absolute Gasteiger partial charge is 0.309 e. The summed E-state index contributed by atoms with van der Waals surface area (Å²) in [4.78, 5) is 34.8. The molecule has 1 aromatic heterocycles. The van der Waals surface area contributed by atoms with E-state index >= 15 is 0 Å². The third kappa shape index (κ3) is 4.70. The monoisotopic (exact) mass is 414 g/mol. The Kier molecular flexibility index (Phi) is 6.89. The van der Waals surface area contributed by atoms with Crippen molar-refractivity contribution in [2.24, 2.45) is 5.92 Å². The van der Waals surface area contributed by atoms with Crippen molar-refractivity contribution in [1.82, 2.24) is 15.4 Å². The number of nitrogens with two attached hydrogens (primary N) is 1. The van der Waals surface area contributed by atoms with Crippen molar-refractivity contribution in [2.45, 2.75) is 19.8 Å². The fraction of sp³-hybridized carbons (Fsp3) is 0.400. The highest BCUT2D eigenvalue weighted by molar-refractivity contribution is 5.97. The van der Waals surface area contributed by atoms with E-state index in [9.17, 15) is 9.59 Å². The van der Waals surface area contributed by atoms with E-state index in [1.165, 1.54) is 13.4 Å². The molecule has 4 N–H and O–H groups in total. The largest absolute Gasteiger partial charge is 0.496 e. The SMILES string of the molecule is CCOC(=O)C1CCN(c2ncnc(NNC(=O)c3ccccc3OC)c2N)CC1. The summed E-state index contributed by atoms with van der Waals surface area (Å²) in [5.74, 6) is 0.646. The van der Waals surface area contributed by atoms with E-state index in [-0.39, 0.29) is 23.6 Å². The highest BCUT2D eigenvalue weighted by Crippen LogP contribution is 2.30. The van der Waals surface area contributed by atoms with Crippen molar-refractivity contribution in [1.29, 1.82) is 0 Å². The minimum atomic E-state index is -0.387. The van der Waals surface area contributed by atoms with Crippen LogP contribution in [0.1, 0.15) is 30.1 Å².